The minimum atomic E-state index is -0.196. The first kappa shape index (κ1) is 11.3. The van der Waals surface area contributed by atoms with Crippen molar-refractivity contribution in [1.29, 1.82) is 0 Å². The van der Waals surface area contributed by atoms with Gasteiger partial charge in [-0.25, -0.2) is 4.79 Å². The van der Waals surface area contributed by atoms with E-state index in [4.69, 9.17) is 10.5 Å². The topological polar surface area (TPSA) is 55.6 Å². The van der Waals surface area contributed by atoms with Gasteiger partial charge < -0.3 is 15.4 Å². The molecule has 1 heterocycles. The van der Waals surface area contributed by atoms with Crippen LogP contribution in [-0.4, -0.2) is 36.7 Å². The summed E-state index contributed by atoms with van der Waals surface area (Å²) in [5.74, 6) is 0.424. The summed E-state index contributed by atoms with van der Waals surface area (Å²) in [5.41, 5.74) is 5.82. The second-order valence-electron chi connectivity index (χ2n) is 3.91. The molecule has 1 rings (SSSR count). The van der Waals surface area contributed by atoms with E-state index in [1.54, 1.807) is 4.90 Å². The summed E-state index contributed by atoms with van der Waals surface area (Å²) in [5, 5.41) is 0. The molecule has 0 spiro atoms. The van der Waals surface area contributed by atoms with E-state index in [2.05, 4.69) is 0 Å². The molecule has 0 aromatic carbocycles. The maximum atomic E-state index is 11.4. The fourth-order valence-corrected chi connectivity index (χ4v) is 1.82. The lowest BCUT2D eigenvalue weighted by molar-refractivity contribution is 0.0855. The number of likely N-dealkylation sites (tertiary alicyclic amines) is 1. The Bertz CT molecular complexity index is 195. The van der Waals surface area contributed by atoms with Crippen molar-refractivity contribution in [3.05, 3.63) is 0 Å². The molecule has 4 nitrogen and oxygen atoms in total. The molecule has 14 heavy (non-hydrogen) atoms. The zero-order chi connectivity index (χ0) is 10.6. The number of rotatable bonds is 2. The highest BCUT2D eigenvalue weighted by atomic mass is 16.6. The average Bonchev–Trinajstić information content (AvgIpc) is 2.18. The molecule has 2 atom stereocenters. The van der Waals surface area contributed by atoms with Crippen LogP contribution in [0.3, 0.4) is 0 Å². The van der Waals surface area contributed by atoms with E-state index in [-0.39, 0.29) is 12.1 Å². The van der Waals surface area contributed by atoms with Gasteiger partial charge in [0.25, 0.3) is 0 Å². The number of nitrogens with two attached hydrogens (primary N) is 1. The van der Waals surface area contributed by atoms with Crippen molar-refractivity contribution in [1.82, 2.24) is 4.90 Å². The van der Waals surface area contributed by atoms with E-state index in [0.717, 1.165) is 25.9 Å². The third-order valence-corrected chi connectivity index (χ3v) is 2.73. The maximum absolute atomic E-state index is 11.4. The van der Waals surface area contributed by atoms with Crippen molar-refractivity contribution < 1.29 is 9.53 Å². The largest absolute Gasteiger partial charge is 0.450 e. The minimum Gasteiger partial charge on any atom is -0.450 e. The molecule has 0 bridgehead atoms. The first-order valence-electron chi connectivity index (χ1n) is 5.32. The molecule has 1 fully saturated rings. The number of hydrogen-bond acceptors (Lipinski definition) is 3. The molecule has 1 amide bonds. The van der Waals surface area contributed by atoms with E-state index < -0.39 is 0 Å². The Hall–Kier alpha value is -0.770. The molecule has 82 valence electrons. The Morgan fingerprint density at radius 1 is 1.71 bits per heavy atom. The van der Waals surface area contributed by atoms with E-state index in [1.165, 1.54) is 0 Å². The molecule has 1 aliphatic heterocycles. The SMILES string of the molecule is CCOC(=O)N1CCC[C@@H]([C@@H](C)N)C1. The van der Waals surface area contributed by atoms with Crippen molar-refractivity contribution in [3.8, 4) is 0 Å². The van der Waals surface area contributed by atoms with Crippen LogP contribution in [0.2, 0.25) is 0 Å². The molecule has 0 saturated carbocycles. The van der Waals surface area contributed by atoms with Crippen molar-refractivity contribution >= 4 is 6.09 Å². The molecule has 0 aromatic rings. The average molecular weight is 200 g/mol. The molecule has 0 radical (unpaired) electrons. The molecule has 0 aliphatic carbocycles. The first-order valence-corrected chi connectivity index (χ1v) is 5.32. The van der Waals surface area contributed by atoms with Crippen LogP contribution < -0.4 is 5.73 Å². The van der Waals surface area contributed by atoms with Crippen LogP contribution in [0.15, 0.2) is 0 Å². The maximum Gasteiger partial charge on any atom is 0.409 e. The molecule has 2 N–H and O–H groups in total. The van der Waals surface area contributed by atoms with Crippen molar-refractivity contribution in [2.75, 3.05) is 19.7 Å². The third-order valence-electron chi connectivity index (χ3n) is 2.73. The third kappa shape index (κ3) is 2.87. The van der Waals surface area contributed by atoms with Crippen LogP contribution in [0.1, 0.15) is 26.7 Å². The molecule has 1 aliphatic rings. The van der Waals surface area contributed by atoms with Crippen LogP contribution in [0.5, 0.6) is 0 Å². The zero-order valence-electron chi connectivity index (χ0n) is 9.03. The molecule has 4 heteroatoms. The lowest BCUT2D eigenvalue weighted by atomic mass is 9.92. The number of carbonyl (C=O) groups is 1. The Morgan fingerprint density at radius 3 is 3.00 bits per heavy atom. The van der Waals surface area contributed by atoms with E-state index in [9.17, 15) is 4.79 Å². The highest BCUT2D eigenvalue weighted by Crippen LogP contribution is 2.19. The van der Waals surface area contributed by atoms with E-state index in [0.29, 0.717) is 12.5 Å². The number of nitrogens with zero attached hydrogens (tertiary/aromatic N) is 1. The van der Waals surface area contributed by atoms with Gasteiger partial charge in [-0.05, 0) is 32.6 Å². The van der Waals surface area contributed by atoms with Crippen LogP contribution in [0.25, 0.3) is 0 Å². The van der Waals surface area contributed by atoms with Gasteiger partial charge in [0.05, 0.1) is 6.61 Å². The number of ether oxygens (including phenoxy) is 1. The van der Waals surface area contributed by atoms with Gasteiger partial charge in [0, 0.05) is 19.1 Å². The minimum absolute atomic E-state index is 0.159. The zero-order valence-corrected chi connectivity index (χ0v) is 9.03. The van der Waals surface area contributed by atoms with Crippen molar-refractivity contribution in [3.63, 3.8) is 0 Å². The highest BCUT2D eigenvalue weighted by Gasteiger charge is 2.26. The Morgan fingerprint density at radius 2 is 2.43 bits per heavy atom. The monoisotopic (exact) mass is 200 g/mol. The molecule has 1 saturated heterocycles. The summed E-state index contributed by atoms with van der Waals surface area (Å²) in [6.45, 7) is 5.82. The lowest BCUT2D eigenvalue weighted by Gasteiger charge is -2.33. The molecule has 0 aromatic heterocycles. The van der Waals surface area contributed by atoms with Gasteiger partial charge in [-0.15, -0.1) is 0 Å². The van der Waals surface area contributed by atoms with Crippen molar-refractivity contribution in [2.24, 2.45) is 11.7 Å². The van der Waals surface area contributed by atoms with Crippen LogP contribution in [0, 0.1) is 5.92 Å². The Balaban J connectivity index is 2.43. The van der Waals surface area contributed by atoms with E-state index in [1.807, 2.05) is 13.8 Å². The number of carbonyl (C=O) groups excluding carboxylic acids is 1. The standard InChI is InChI=1S/C10H20N2O2/c1-3-14-10(13)12-6-4-5-9(7-12)8(2)11/h8-9H,3-7,11H2,1-2H3/t8-,9-/m1/s1. The molecular formula is C10H20N2O2. The van der Waals surface area contributed by atoms with Gasteiger partial charge in [0.15, 0.2) is 0 Å². The smallest absolute Gasteiger partial charge is 0.409 e. The lowest BCUT2D eigenvalue weighted by Crippen LogP contribution is -2.45. The molecule has 0 unspecified atom stereocenters. The number of amides is 1. The number of hydrogen-bond donors (Lipinski definition) is 1. The summed E-state index contributed by atoms with van der Waals surface area (Å²) < 4.78 is 4.96. The Labute approximate surface area is 85.4 Å². The molecular weight excluding hydrogens is 180 g/mol. The highest BCUT2D eigenvalue weighted by molar-refractivity contribution is 5.67. The van der Waals surface area contributed by atoms with Crippen molar-refractivity contribution in [2.45, 2.75) is 32.7 Å². The number of piperidine rings is 1. The van der Waals surface area contributed by atoms with Gasteiger partial charge in [-0.1, -0.05) is 0 Å². The van der Waals surface area contributed by atoms with Crippen LogP contribution >= 0.6 is 0 Å². The fraction of sp³-hybridized carbons (Fsp3) is 0.900. The van der Waals surface area contributed by atoms with Gasteiger partial charge in [0.2, 0.25) is 0 Å². The summed E-state index contributed by atoms with van der Waals surface area (Å²) in [6, 6.07) is 0.159. The normalized spacial score (nSPS) is 24.5. The van der Waals surface area contributed by atoms with Gasteiger partial charge >= 0.3 is 6.09 Å². The summed E-state index contributed by atoms with van der Waals surface area (Å²) >= 11 is 0. The predicted molar refractivity (Wildman–Crippen MR) is 55.0 cm³/mol. The first-order chi connectivity index (χ1) is 6.65. The quantitative estimate of drug-likeness (QED) is 0.728. The van der Waals surface area contributed by atoms with Gasteiger partial charge in [-0.2, -0.15) is 0 Å². The van der Waals surface area contributed by atoms with E-state index >= 15 is 0 Å². The predicted octanol–water partition coefficient (Wildman–Crippen LogP) is 1.20. The summed E-state index contributed by atoms with van der Waals surface area (Å²) in [4.78, 5) is 13.2. The summed E-state index contributed by atoms with van der Waals surface area (Å²) in [7, 11) is 0. The van der Waals surface area contributed by atoms with Crippen LogP contribution in [-0.2, 0) is 4.74 Å². The second-order valence-corrected chi connectivity index (χ2v) is 3.91. The van der Waals surface area contributed by atoms with Gasteiger partial charge in [-0.3, -0.25) is 0 Å². The summed E-state index contributed by atoms with van der Waals surface area (Å²) in [6.07, 6.45) is 1.95. The van der Waals surface area contributed by atoms with Gasteiger partial charge in [0.1, 0.15) is 0 Å². The fourth-order valence-electron chi connectivity index (χ4n) is 1.82. The Kier molecular flexibility index (Phi) is 4.20. The van der Waals surface area contributed by atoms with Crippen LogP contribution in [0.4, 0.5) is 4.79 Å². The second kappa shape index (κ2) is 5.20.